The molecular weight excluding hydrogens is 440 g/mol. The highest BCUT2D eigenvalue weighted by Gasteiger charge is 2.26. The molecule has 6 nitrogen and oxygen atoms in total. The predicted molar refractivity (Wildman–Crippen MR) is 123 cm³/mol. The summed E-state index contributed by atoms with van der Waals surface area (Å²) in [5.74, 6) is 0.327. The van der Waals surface area contributed by atoms with Crippen LogP contribution < -0.4 is 10.9 Å². The second-order valence-electron chi connectivity index (χ2n) is 7.65. The van der Waals surface area contributed by atoms with Gasteiger partial charge in [-0.2, -0.15) is 0 Å². The molecule has 156 valence electrons. The molecule has 5 rings (SSSR count). The van der Waals surface area contributed by atoms with Crippen molar-refractivity contribution in [2.45, 2.75) is 36.1 Å². The van der Waals surface area contributed by atoms with Crippen molar-refractivity contribution in [3.63, 3.8) is 0 Å². The third-order valence-corrected chi connectivity index (χ3v) is 8.38. The second-order valence-corrected chi connectivity index (χ2v) is 10.3. The van der Waals surface area contributed by atoms with Crippen LogP contribution in [0.4, 0.5) is 5.69 Å². The standard InChI is InChI=1S/C21H21ClN4O2S2/c22-14-6-4-13(5-7-14)15(25-8-2-1-3-9-25)10-26-12-23-17-18-21(29-11-16(27)24-18)30-19(17)20(26)28/h4-7,12,15H,1-3,8-11H2,(H,24,27)/t15-/m1/s1. The van der Waals surface area contributed by atoms with Gasteiger partial charge in [-0.25, -0.2) is 4.98 Å². The van der Waals surface area contributed by atoms with Gasteiger partial charge in [-0.15, -0.1) is 23.1 Å². The third kappa shape index (κ3) is 3.77. The third-order valence-electron chi connectivity index (χ3n) is 5.69. The van der Waals surface area contributed by atoms with Crippen molar-refractivity contribution in [2.24, 2.45) is 0 Å². The summed E-state index contributed by atoms with van der Waals surface area (Å²) in [4.78, 5) is 32.1. The molecule has 1 fully saturated rings. The van der Waals surface area contributed by atoms with Gasteiger partial charge in [0.05, 0.1) is 28.0 Å². The van der Waals surface area contributed by atoms with Gasteiger partial charge in [0.15, 0.2) is 0 Å². The number of likely N-dealkylation sites (tertiary alicyclic amines) is 1. The zero-order chi connectivity index (χ0) is 20.7. The van der Waals surface area contributed by atoms with E-state index in [1.807, 2.05) is 12.1 Å². The van der Waals surface area contributed by atoms with E-state index in [4.69, 9.17) is 11.6 Å². The molecule has 0 saturated carbocycles. The Morgan fingerprint density at radius 1 is 1.13 bits per heavy atom. The maximum absolute atomic E-state index is 13.3. The molecule has 4 heterocycles. The van der Waals surface area contributed by atoms with Crippen LogP contribution in [0, 0.1) is 0 Å². The van der Waals surface area contributed by atoms with E-state index in [2.05, 4.69) is 27.3 Å². The first-order valence-corrected chi connectivity index (χ1v) is 12.2. The number of nitrogens with one attached hydrogen (secondary N) is 1. The largest absolute Gasteiger partial charge is 0.322 e. The second kappa shape index (κ2) is 8.34. The number of nitrogens with zero attached hydrogens (tertiary/aromatic N) is 3. The molecule has 0 aliphatic carbocycles. The number of carbonyl (C=O) groups excluding carboxylic acids is 1. The van der Waals surface area contributed by atoms with Crippen LogP contribution >= 0.6 is 34.7 Å². The van der Waals surface area contributed by atoms with Crippen molar-refractivity contribution in [1.82, 2.24) is 14.5 Å². The zero-order valence-electron chi connectivity index (χ0n) is 16.3. The van der Waals surface area contributed by atoms with Crippen LogP contribution in [0.25, 0.3) is 10.2 Å². The normalized spacial score (nSPS) is 18.2. The number of anilines is 1. The number of aromatic nitrogens is 2. The Bertz CT molecular complexity index is 1150. The molecule has 1 aromatic carbocycles. The summed E-state index contributed by atoms with van der Waals surface area (Å²) >= 11 is 9.00. The van der Waals surface area contributed by atoms with Crippen molar-refractivity contribution in [1.29, 1.82) is 0 Å². The minimum Gasteiger partial charge on any atom is -0.322 e. The SMILES string of the molecule is O=C1CSc2sc3c(=O)n(C[C@H](c4ccc(Cl)cc4)N4CCCCC4)cnc3c2N1. The number of carbonyl (C=O) groups is 1. The lowest BCUT2D eigenvalue weighted by atomic mass is 10.0. The molecule has 1 atom stereocenters. The van der Waals surface area contributed by atoms with Crippen LogP contribution in [-0.4, -0.2) is 39.2 Å². The van der Waals surface area contributed by atoms with E-state index in [1.165, 1.54) is 42.4 Å². The van der Waals surface area contributed by atoms with Gasteiger partial charge in [0.2, 0.25) is 5.91 Å². The average molecular weight is 461 g/mol. The molecule has 0 unspecified atom stereocenters. The molecular formula is C21H21ClN4O2S2. The summed E-state index contributed by atoms with van der Waals surface area (Å²) in [6.45, 7) is 2.58. The highest BCUT2D eigenvalue weighted by Crippen LogP contribution is 2.42. The number of rotatable bonds is 4. The number of hydrogen-bond acceptors (Lipinski definition) is 6. The van der Waals surface area contributed by atoms with E-state index in [1.54, 1.807) is 10.9 Å². The minimum absolute atomic E-state index is 0.0499. The zero-order valence-corrected chi connectivity index (χ0v) is 18.7. The van der Waals surface area contributed by atoms with E-state index in [0.717, 1.165) is 22.9 Å². The Hall–Kier alpha value is -1.87. The molecule has 2 aliphatic heterocycles. The average Bonchev–Trinajstić information content (AvgIpc) is 3.13. The van der Waals surface area contributed by atoms with Crippen LogP contribution in [0.15, 0.2) is 39.6 Å². The number of amides is 1. The minimum atomic E-state index is -0.0507. The Kier molecular flexibility index (Phi) is 5.58. The molecule has 30 heavy (non-hydrogen) atoms. The Labute approximate surface area is 187 Å². The molecule has 2 aromatic heterocycles. The number of benzene rings is 1. The lowest BCUT2D eigenvalue weighted by Gasteiger charge is -2.35. The lowest BCUT2D eigenvalue weighted by Crippen LogP contribution is -2.37. The highest BCUT2D eigenvalue weighted by atomic mass is 35.5. The maximum atomic E-state index is 13.3. The molecule has 3 aromatic rings. The lowest BCUT2D eigenvalue weighted by molar-refractivity contribution is -0.113. The van der Waals surface area contributed by atoms with Crippen molar-refractivity contribution in [2.75, 3.05) is 24.2 Å². The Balaban J connectivity index is 1.52. The number of fused-ring (bicyclic) bond motifs is 3. The van der Waals surface area contributed by atoms with Gasteiger partial charge < -0.3 is 5.32 Å². The number of halogens is 1. The first-order chi connectivity index (χ1) is 14.6. The van der Waals surface area contributed by atoms with Gasteiger partial charge in [0, 0.05) is 11.6 Å². The molecule has 2 aliphatic rings. The predicted octanol–water partition coefficient (Wildman–Crippen LogP) is 4.38. The van der Waals surface area contributed by atoms with Gasteiger partial charge >= 0.3 is 0 Å². The first kappa shape index (κ1) is 20.1. The fourth-order valence-electron chi connectivity index (χ4n) is 4.16. The summed E-state index contributed by atoms with van der Waals surface area (Å²) in [5, 5.41) is 3.58. The number of piperidine rings is 1. The van der Waals surface area contributed by atoms with Crippen molar-refractivity contribution >= 4 is 56.5 Å². The van der Waals surface area contributed by atoms with Gasteiger partial charge in [-0.05, 0) is 43.6 Å². The quantitative estimate of drug-likeness (QED) is 0.625. The summed E-state index contributed by atoms with van der Waals surface area (Å²) in [6, 6.07) is 8.00. The number of hydrogen-bond donors (Lipinski definition) is 1. The molecule has 0 radical (unpaired) electrons. The monoisotopic (exact) mass is 460 g/mol. The summed E-state index contributed by atoms with van der Waals surface area (Å²) < 4.78 is 3.27. The van der Waals surface area contributed by atoms with Crippen molar-refractivity contribution in [3.8, 4) is 0 Å². The van der Waals surface area contributed by atoms with Crippen molar-refractivity contribution < 1.29 is 4.79 Å². The Morgan fingerprint density at radius 2 is 1.90 bits per heavy atom. The topological polar surface area (TPSA) is 67.2 Å². The maximum Gasteiger partial charge on any atom is 0.271 e. The summed E-state index contributed by atoms with van der Waals surface area (Å²) in [6.07, 6.45) is 5.22. The van der Waals surface area contributed by atoms with Crippen LogP contribution in [-0.2, 0) is 11.3 Å². The van der Waals surface area contributed by atoms with E-state index in [9.17, 15) is 9.59 Å². The van der Waals surface area contributed by atoms with Gasteiger partial charge in [0.1, 0.15) is 10.2 Å². The van der Waals surface area contributed by atoms with E-state index in [0.29, 0.717) is 33.2 Å². The smallest absolute Gasteiger partial charge is 0.271 e. The molecule has 9 heteroatoms. The van der Waals surface area contributed by atoms with E-state index < -0.39 is 0 Å². The van der Waals surface area contributed by atoms with Crippen LogP contribution in [0.3, 0.4) is 0 Å². The number of thiophene rings is 1. The molecule has 1 N–H and O–H groups in total. The molecule has 0 spiro atoms. The first-order valence-electron chi connectivity index (χ1n) is 10.0. The van der Waals surface area contributed by atoms with E-state index >= 15 is 0 Å². The Morgan fingerprint density at radius 3 is 2.67 bits per heavy atom. The van der Waals surface area contributed by atoms with Gasteiger partial charge in [0.25, 0.3) is 5.56 Å². The molecule has 0 bridgehead atoms. The van der Waals surface area contributed by atoms with Crippen LogP contribution in [0.2, 0.25) is 5.02 Å². The van der Waals surface area contributed by atoms with Gasteiger partial charge in [-0.1, -0.05) is 30.2 Å². The highest BCUT2D eigenvalue weighted by molar-refractivity contribution is 8.02. The fraction of sp³-hybridized carbons (Fsp3) is 0.381. The fourth-order valence-corrected chi connectivity index (χ4v) is 6.47. The molecule has 1 amide bonds. The van der Waals surface area contributed by atoms with Crippen molar-refractivity contribution in [3.05, 3.63) is 51.5 Å². The van der Waals surface area contributed by atoms with Crippen LogP contribution in [0.5, 0.6) is 0 Å². The summed E-state index contributed by atoms with van der Waals surface area (Å²) in [5.41, 5.74) is 2.38. The van der Waals surface area contributed by atoms with Crippen LogP contribution in [0.1, 0.15) is 30.9 Å². The number of thioether (sulfide) groups is 1. The summed E-state index contributed by atoms with van der Waals surface area (Å²) in [7, 11) is 0. The van der Waals surface area contributed by atoms with Gasteiger partial charge in [-0.3, -0.25) is 19.1 Å². The van der Waals surface area contributed by atoms with E-state index in [-0.39, 0.29) is 17.5 Å². The molecule has 1 saturated heterocycles.